The average molecular weight is 1330 g/mol. The van der Waals surface area contributed by atoms with Crippen molar-refractivity contribution < 1.29 is 79.3 Å². The Morgan fingerprint density at radius 3 is 1.27 bits per heavy atom. The number of anilines is 4. The van der Waals surface area contributed by atoms with E-state index < -0.39 is 84.5 Å². The van der Waals surface area contributed by atoms with Crippen LogP contribution in [-0.2, 0) is 40.1 Å². The largest absolute Gasteiger partial charge is 0.494 e. The standard InChI is InChI=1S/C72H68N4O17S2/c1-5-61(77)88-41-13-9-7-11-39-86-49-23-19-47(20-24-49)71(81)92-53-31-27-51(28-32-53)90-59-43-57(75-94(83)55-35-15-45(3)16-36-55)63-65(67(59)73)70(80)66-64(69(63)79)58(76-95(84,85)56-37-17-46(4)18-38-56)44-60(68(66)74)91-52-29-33-54(34-30-52)93-72(82)48-21-25-50(26-22-48)87-40-12-8-10-14-42-89-62(78)6-2/h5-6,15-38,43-44,75-76H,1-2,7-14,39-42,73-74H2,3-4H3. The smallest absolute Gasteiger partial charge is 0.343 e. The topological polar surface area (TPSA) is 304 Å². The molecule has 8 aromatic rings. The molecule has 0 amide bonds. The van der Waals surface area contributed by atoms with E-state index in [1.54, 1.807) is 91.9 Å². The number of ether oxygens (including phenoxy) is 8. The number of nitrogen functional groups attached to an aromatic ring is 2. The number of unbranched alkanes of at least 4 members (excludes halogenated alkanes) is 6. The molecule has 0 bridgehead atoms. The summed E-state index contributed by atoms with van der Waals surface area (Å²) in [4.78, 5) is 79.9. The van der Waals surface area contributed by atoms with E-state index in [2.05, 4.69) is 22.6 Å². The Balaban J connectivity index is 0.944. The van der Waals surface area contributed by atoms with Crippen molar-refractivity contribution in [2.24, 2.45) is 0 Å². The van der Waals surface area contributed by atoms with Crippen LogP contribution in [0.25, 0.3) is 0 Å². The number of carbonyl (C=O) groups excluding carboxylic acids is 6. The second-order valence-corrected chi connectivity index (χ2v) is 24.6. The number of hydrogen-bond acceptors (Lipinski definition) is 19. The van der Waals surface area contributed by atoms with Crippen LogP contribution >= 0.6 is 0 Å². The number of fused-ring (bicyclic) bond motifs is 2. The molecule has 0 aliphatic heterocycles. The highest BCUT2D eigenvalue weighted by molar-refractivity contribution is 7.92. The molecule has 1 atom stereocenters. The molecular weight excluding hydrogens is 1260 g/mol. The maximum atomic E-state index is 15.4. The van der Waals surface area contributed by atoms with Gasteiger partial charge in [0.1, 0.15) is 45.5 Å². The van der Waals surface area contributed by atoms with Crippen molar-refractivity contribution >= 4 is 79.2 Å². The van der Waals surface area contributed by atoms with Gasteiger partial charge in [-0.15, -0.1) is 0 Å². The summed E-state index contributed by atoms with van der Waals surface area (Å²) in [5.74, 6) is -3.00. The molecule has 9 rings (SSSR count). The summed E-state index contributed by atoms with van der Waals surface area (Å²) in [6.07, 6.45) is 8.71. The first-order valence-corrected chi connectivity index (χ1v) is 32.8. The first-order valence-electron chi connectivity index (χ1n) is 30.2. The lowest BCUT2D eigenvalue weighted by atomic mass is 9.80. The molecule has 0 saturated heterocycles. The van der Waals surface area contributed by atoms with Crippen molar-refractivity contribution in [2.45, 2.75) is 75.0 Å². The molecule has 95 heavy (non-hydrogen) atoms. The predicted octanol–water partition coefficient (Wildman–Crippen LogP) is 13.5. The molecule has 0 aromatic heterocycles. The molecule has 0 spiro atoms. The lowest BCUT2D eigenvalue weighted by Crippen LogP contribution is -2.28. The van der Waals surface area contributed by atoms with Gasteiger partial charge in [0.2, 0.25) is 0 Å². The molecule has 0 fully saturated rings. The third-order valence-electron chi connectivity index (χ3n) is 14.7. The summed E-state index contributed by atoms with van der Waals surface area (Å²) < 4.78 is 93.6. The van der Waals surface area contributed by atoms with Crippen molar-refractivity contribution in [3.63, 3.8) is 0 Å². The number of hydrogen-bond donors (Lipinski definition) is 4. The van der Waals surface area contributed by atoms with Gasteiger partial charge in [-0.05, 0) is 187 Å². The minimum Gasteiger partial charge on any atom is -0.494 e. The number of sulfonamides is 1. The summed E-state index contributed by atoms with van der Waals surface area (Å²) in [5.41, 5.74) is 12.8. The van der Waals surface area contributed by atoms with Crippen LogP contribution in [0.3, 0.4) is 0 Å². The zero-order chi connectivity index (χ0) is 67.6. The average Bonchev–Trinajstić information content (AvgIpc) is 0.719. The minimum absolute atomic E-state index is 0.0833. The molecule has 1 unspecified atom stereocenters. The van der Waals surface area contributed by atoms with Gasteiger partial charge in [-0.2, -0.15) is 0 Å². The lowest BCUT2D eigenvalue weighted by molar-refractivity contribution is -0.138. The van der Waals surface area contributed by atoms with Crippen LogP contribution in [0.15, 0.2) is 193 Å². The summed E-state index contributed by atoms with van der Waals surface area (Å²) in [6.45, 7) is 11.9. The third kappa shape index (κ3) is 18.0. The molecule has 21 nitrogen and oxygen atoms in total. The first kappa shape index (κ1) is 68.3. The van der Waals surface area contributed by atoms with Crippen LogP contribution in [-0.4, -0.2) is 74.5 Å². The number of nitrogens with two attached hydrogens (primary N) is 2. The maximum absolute atomic E-state index is 15.4. The van der Waals surface area contributed by atoms with Crippen LogP contribution in [0.4, 0.5) is 22.7 Å². The minimum atomic E-state index is -4.52. The highest BCUT2D eigenvalue weighted by atomic mass is 32.2. The summed E-state index contributed by atoms with van der Waals surface area (Å²) in [5, 5.41) is 0. The predicted molar refractivity (Wildman–Crippen MR) is 358 cm³/mol. The van der Waals surface area contributed by atoms with Crippen molar-refractivity contribution in [3.05, 3.63) is 228 Å². The van der Waals surface area contributed by atoms with Gasteiger partial charge < -0.3 is 54.1 Å². The van der Waals surface area contributed by atoms with Crippen molar-refractivity contribution in [3.8, 4) is 46.0 Å². The van der Waals surface area contributed by atoms with Crippen LogP contribution < -0.4 is 49.3 Å². The van der Waals surface area contributed by atoms with Gasteiger partial charge in [0.25, 0.3) is 10.0 Å². The van der Waals surface area contributed by atoms with Gasteiger partial charge in [-0.3, -0.25) is 14.3 Å². The molecule has 490 valence electrons. The zero-order valence-electron chi connectivity index (χ0n) is 52.0. The van der Waals surface area contributed by atoms with E-state index >= 15 is 9.59 Å². The molecule has 8 aromatic carbocycles. The fourth-order valence-electron chi connectivity index (χ4n) is 9.68. The third-order valence-corrected chi connectivity index (χ3v) is 17.2. The fourth-order valence-corrected chi connectivity index (χ4v) is 11.6. The van der Waals surface area contributed by atoms with E-state index in [-0.39, 0.29) is 67.5 Å². The Morgan fingerprint density at radius 1 is 0.474 bits per heavy atom. The Morgan fingerprint density at radius 2 is 0.842 bits per heavy atom. The van der Waals surface area contributed by atoms with E-state index in [0.717, 1.165) is 80.7 Å². The Kier molecular flexibility index (Phi) is 23.0. The van der Waals surface area contributed by atoms with Crippen molar-refractivity contribution in [2.75, 3.05) is 47.3 Å². The second kappa shape index (κ2) is 32.0. The number of benzene rings is 8. The normalized spacial score (nSPS) is 11.8. The van der Waals surface area contributed by atoms with Gasteiger partial charge in [-0.25, -0.2) is 31.8 Å². The zero-order valence-corrected chi connectivity index (χ0v) is 53.6. The SMILES string of the molecule is C=CC(=O)OCCCCCCOc1ccc(C(=O)Oc2ccc(Oc3cc(NS(=O)c4ccc(C)cc4)c4c(c3N)C(=O)c3c(N)c(Oc5ccc(OC(=O)c6ccc(OCCCCCCOC(=O)C=C)cc6)cc5)cc(NS(=O)(=O)c5ccc(C)cc5)c3C4=O)cc2)cc1. The van der Waals surface area contributed by atoms with Crippen molar-refractivity contribution in [1.82, 2.24) is 0 Å². The van der Waals surface area contributed by atoms with Gasteiger partial charge in [0.15, 0.2) is 23.1 Å². The molecule has 23 heteroatoms. The number of nitrogens with one attached hydrogen (secondary N) is 2. The number of ketones is 2. The second-order valence-electron chi connectivity index (χ2n) is 21.7. The Hall–Kier alpha value is -11.0. The van der Waals surface area contributed by atoms with E-state index in [1.807, 2.05) is 6.92 Å². The fraction of sp³-hybridized carbons (Fsp3) is 0.194. The van der Waals surface area contributed by atoms with Crippen LogP contribution in [0.2, 0.25) is 0 Å². The van der Waals surface area contributed by atoms with E-state index in [9.17, 15) is 31.8 Å². The molecule has 1 aliphatic carbocycles. The molecule has 0 saturated carbocycles. The first-order chi connectivity index (χ1) is 45.8. The van der Waals surface area contributed by atoms with Crippen LogP contribution in [0.1, 0.15) is 115 Å². The molecule has 0 heterocycles. The number of aryl methyl sites for hydroxylation is 2. The number of esters is 4. The Labute approximate surface area is 551 Å². The monoisotopic (exact) mass is 1320 g/mol. The molecule has 0 radical (unpaired) electrons. The summed E-state index contributed by atoms with van der Waals surface area (Å²) in [7, 11) is -6.62. The van der Waals surface area contributed by atoms with Gasteiger partial charge in [-0.1, -0.05) is 48.6 Å². The van der Waals surface area contributed by atoms with Crippen LogP contribution in [0, 0.1) is 13.8 Å². The highest BCUT2D eigenvalue weighted by Crippen LogP contribution is 2.48. The summed E-state index contributed by atoms with van der Waals surface area (Å²) >= 11 is 0. The molecule has 1 aliphatic rings. The van der Waals surface area contributed by atoms with E-state index in [0.29, 0.717) is 42.8 Å². The Bertz CT molecular complexity index is 4290. The summed E-state index contributed by atoms with van der Waals surface area (Å²) in [6, 6.07) is 39.5. The van der Waals surface area contributed by atoms with E-state index in [1.165, 1.54) is 66.7 Å². The lowest BCUT2D eigenvalue weighted by Gasteiger charge is -2.27. The quantitative estimate of drug-likeness (QED) is 0.0100. The molecule has 6 N–H and O–H groups in total. The van der Waals surface area contributed by atoms with Gasteiger partial charge in [0.05, 0.1) is 92.3 Å². The molecular formula is C72H68N4O17S2. The van der Waals surface area contributed by atoms with Crippen LogP contribution in [0.5, 0.6) is 46.0 Å². The highest BCUT2D eigenvalue weighted by Gasteiger charge is 2.41. The maximum Gasteiger partial charge on any atom is 0.343 e. The number of rotatable bonds is 32. The van der Waals surface area contributed by atoms with E-state index in [4.69, 9.17) is 49.4 Å². The van der Waals surface area contributed by atoms with Crippen molar-refractivity contribution in [1.29, 1.82) is 0 Å². The number of carbonyl (C=O) groups is 6. The van der Waals surface area contributed by atoms with Gasteiger partial charge in [0, 0.05) is 24.3 Å². The van der Waals surface area contributed by atoms with Gasteiger partial charge >= 0.3 is 23.9 Å².